The number of urea groups is 1. The first-order valence-corrected chi connectivity index (χ1v) is 5.53. The molecule has 1 unspecified atom stereocenters. The van der Waals surface area contributed by atoms with E-state index in [2.05, 4.69) is 10.3 Å². The van der Waals surface area contributed by atoms with Crippen molar-refractivity contribution < 1.29 is 14.4 Å². The quantitative estimate of drug-likeness (QED) is 0.769. The van der Waals surface area contributed by atoms with Crippen molar-refractivity contribution in [2.24, 2.45) is 0 Å². The van der Waals surface area contributed by atoms with E-state index < -0.39 is 23.9 Å². The molecule has 2 heterocycles. The highest BCUT2D eigenvalue weighted by atomic mass is 32.1. The number of imide groups is 2. The highest BCUT2D eigenvalue weighted by Crippen LogP contribution is 2.24. The fourth-order valence-electron chi connectivity index (χ4n) is 1.50. The molecule has 0 radical (unpaired) electrons. The zero-order valence-corrected chi connectivity index (χ0v) is 9.28. The van der Waals surface area contributed by atoms with Crippen molar-refractivity contribution in [3.05, 3.63) is 16.6 Å². The van der Waals surface area contributed by atoms with E-state index in [-0.39, 0.29) is 6.42 Å². The van der Waals surface area contributed by atoms with E-state index in [1.807, 2.05) is 0 Å². The summed E-state index contributed by atoms with van der Waals surface area (Å²) >= 11 is 1.36. The summed E-state index contributed by atoms with van der Waals surface area (Å²) in [6.45, 7) is 1.70. The second-order valence-corrected chi connectivity index (χ2v) is 4.27. The molecule has 1 atom stereocenters. The first-order valence-electron chi connectivity index (χ1n) is 4.65. The van der Waals surface area contributed by atoms with Gasteiger partial charge in [-0.15, -0.1) is 11.3 Å². The van der Waals surface area contributed by atoms with Crippen molar-refractivity contribution in [2.45, 2.75) is 19.4 Å². The Bertz CT molecular complexity index is 423. The fraction of sp³-hybridized carbons (Fsp3) is 0.333. The van der Waals surface area contributed by atoms with Gasteiger partial charge in [0.15, 0.2) is 0 Å². The van der Waals surface area contributed by atoms with Gasteiger partial charge in [-0.3, -0.25) is 19.8 Å². The van der Waals surface area contributed by atoms with Crippen molar-refractivity contribution >= 4 is 29.2 Å². The zero-order chi connectivity index (χ0) is 11.7. The third kappa shape index (κ3) is 1.81. The highest BCUT2D eigenvalue weighted by Gasteiger charge is 2.35. The standard InChI is InChI=1S/C9H9N3O3S/c1-5(8-10-2-3-16-8)12-7(14)4-6(13)11-9(12)15/h2-3,5H,4H2,1H3,(H,11,13,15). The lowest BCUT2D eigenvalue weighted by Gasteiger charge is -2.28. The van der Waals surface area contributed by atoms with Crippen LogP contribution in [-0.4, -0.2) is 27.7 Å². The van der Waals surface area contributed by atoms with E-state index in [0.29, 0.717) is 5.01 Å². The molecule has 1 aliphatic rings. The van der Waals surface area contributed by atoms with Gasteiger partial charge in [0.1, 0.15) is 11.4 Å². The van der Waals surface area contributed by atoms with Gasteiger partial charge in [-0.1, -0.05) is 0 Å². The molecule has 0 spiro atoms. The molecule has 4 amide bonds. The molecule has 6 nitrogen and oxygen atoms in total. The third-order valence-electron chi connectivity index (χ3n) is 2.24. The Labute approximate surface area is 95.3 Å². The Balaban J connectivity index is 2.23. The summed E-state index contributed by atoms with van der Waals surface area (Å²) < 4.78 is 0. The number of rotatable bonds is 2. The van der Waals surface area contributed by atoms with Gasteiger partial charge < -0.3 is 0 Å². The number of carbonyl (C=O) groups is 3. The molecular weight excluding hydrogens is 230 g/mol. The van der Waals surface area contributed by atoms with Crippen LogP contribution in [0.15, 0.2) is 11.6 Å². The fourth-order valence-corrected chi connectivity index (χ4v) is 2.19. The number of hydrogen-bond acceptors (Lipinski definition) is 5. The Morgan fingerprint density at radius 1 is 1.50 bits per heavy atom. The summed E-state index contributed by atoms with van der Waals surface area (Å²) in [5.74, 6) is -1.05. The molecule has 0 saturated carbocycles. The van der Waals surface area contributed by atoms with Crippen LogP contribution in [0.1, 0.15) is 24.4 Å². The molecule has 84 valence electrons. The molecule has 7 heteroatoms. The Morgan fingerprint density at radius 3 is 2.81 bits per heavy atom. The molecule has 1 saturated heterocycles. The van der Waals surface area contributed by atoms with Gasteiger partial charge in [0, 0.05) is 11.6 Å². The van der Waals surface area contributed by atoms with Gasteiger partial charge in [-0.25, -0.2) is 9.78 Å². The van der Waals surface area contributed by atoms with Crippen molar-refractivity contribution in [3.8, 4) is 0 Å². The van der Waals surface area contributed by atoms with Gasteiger partial charge in [0.25, 0.3) is 0 Å². The summed E-state index contributed by atoms with van der Waals surface area (Å²) in [5, 5.41) is 4.54. The molecule has 0 aromatic carbocycles. The minimum atomic E-state index is -0.677. The number of thiazole rings is 1. The summed E-state index contributed by atoms with van der Waals surface area (Å²) in [5.41, 5.74) is 0. The first-order chi connectivity index (χ1) is 7.59. The van der Waals surface area contributed by atoms with Crippen LogP contribution in [-0.2, 0) is 9.59 Å². The minimum Gasteiger partial charge on any atom is -0.277 e. The number of nitrogens with zero attached hydrogens (tertiary/aromatic N) is 2. The molecule has 1 fully saturated rings. The predicted molar refractivity (Wildman–Crippen MR) is 55.5 cm³/mol. The van der Waals surface area contributed by atoms with E-state index >= 15 is 0 Å². The molecule has 2 rings (SSSR count). The van der Waals surface area contributed by atoms with Crippen LogP contribution >= 0.6 is 11.3 Å². The van der Waals surface area contributed by atoms with Crippen LogP contribution in [0.3, 0.4) is 0 Å². The molecule has 16 heavy (non-hydrogen) atoms. The number of barbiturate groups is 1. The van der Waals surface area contributed by atoms with Crippen LogP contribution in [0.5, 0.6) is 0 Å². The zero-order valence-electron chi connectivity index (χ0n) is 8.47. The van der Waals surface area contributed by atoms with Crippen molar-refractivity contribution in [2.75, 3.05) is 0 Å². The topological polar surface area (TPSA) is 79.4 Å². The molecule has 1 aromatic heterocycles. The van der Waals surface area contributed by atoms with Crippen molar-refractivity contribution in [3.63, 3.8) is 0 Å². The Morgan fingerprint density at radius 2 is 2.25 bits per heavy atom. The molecule has 1 aromatic rings. The normalized spacial score (nSPS) is 18.6. The van der Waals surface area contributed by atoms with Gasteiger partial charge in [0.2, 0.25) is 11.8 Å². The van der Waals surface area contributed by atoms with Gasteiger partial charge in [-0.05, 0) is 6.92 Å². The second-order valence-electron chi connectivity index (χ2n) is 3.34. The maximum Gasteiger partial charge on any atom is 0.331 e. The second kappa shape index (κ2) is 4.01. The van der Waals surface area contributed by atoms with E-state index in [9.17, 15) is 14.4 Å². The van der Waals surface area contributed by atoms with Crippen LogP contribution in [0, 0.1) is 0 Å². The SMILES string of the molecule is CC(c1nccs1)N1C(=O)CC(=O)NC1=O. The average molecular weight is 239 g/mol. The van der Waals surface area contributed by atoms with E-state index in [0.717, 1.165) is 4.90 Å². The third-order valence-corrected chi connectivity index (χ3v) is 3.19. The van der Waals surface area contributed by atoms with Crippen LogP contribution in [0.4, 0.5) is 4.79 Å². The average Bonchev–Trinajstić information content (AvgIpc) is 2.67. The number of hydrogen-bond donors (Lipinski definition) is 1. The van der Waals surface area contributed by atoms with E-state index in [1.165, 1.54) is 11.3 Å². The number of carbonyl (C=O) groups excluding carboxylic acids is 3. The molecule has 0 bridgehead atoms. The van der Waals surface area contributed by atoms with Crippen LogP contribution in [0.25, 0.3) is 0 Å². The summed E-state index contributed by atoms with van der Waals surface area (Å²) in [6.07, 6.45) is 1.31. The molecular formula is C9H9N3O3S. The van der Waals surface area contributed by atoms with E-state index in [1.54, 1.807) is 18.5 Å². The maximum atomic E-state index is 11.6. The van der Waals surface area contributed by atoms with Gasteiger partial charge >= 0.3 is 6.03 Å². The van der Waals surface area contributed by atoms with Gasteiger partial charge in [0.05, 0.1) is 6.04 Å². The number of aromatic nitrogens is 1. The largest absolute Gasteiger partial charge is 0.331 e. The van der Waals surface area contributed by atoms with Crippen LogP contribution in [0.2, 0.25) is 0 Å². The molecule has 1 aliphatic heterocycles. The molecule has 0 aliphatic carbocycles. The first kappa shape index (κ1) is 10.7. The maximum absolute atomic E-state index is 11.6. The summed E-state index contributed by atoms with van der Waals surface area (Å²) in [6, 6.07) is -1.12. The van der Waals surface area contributed by atoms with Gasteiger partial charge in [-0.2, -0.15) is 0 Å². The lowest BCUT2D eigenvalue weighted by Crippen LogP contribution is -2.53. The molecule has 1 N–H and O–H groups in total. The number of amides is 4. The lowest BCUT2D eigenvalue weighted by molar-refractivity contribution is -0.137. The smallest absolute Gasteiger partial charge is 0.277 e. The monoisotopic (exact) mass is 239 g/mol. The predicted octanol–water partition coefficient (Wildman–Crippen LogP) is 0.673. The Hall–Kier alpha value is -1.76. The Kier molecular flexibility index (Phi) is 2.69. The van der Waals surface area contributed by atoms with Crippen molar-refractivity contribution in [1.29, 1.82) is 0 Å². The highest BCUT2D eigenvalue weighted by molar-refractivity contribution is 7.09. The lowest BCUT2D eigenvalue weighted by atomic mass is 10.2. The van der Waals surface area contributed by atoms with Crippen LogP contribution < -0.4 is 5.32 Å². The summed E-state index contributed by atoms with van der Waals surface area (Å²) in [7, 11) is 0. The number of nitrogens with one attached hydrogen (secondary N) is 1. The minimum absolute atomic E-state index is 0.290. The summed E-state index contributed by atoms with van der Waals surface area (Å²) in [4.78, 5) is 39.1. The van der Waals surface area contributed by atoms with Crippen molar-refractivity contribution in [1.82, 2.24) is 15.2 Å². The van der Waals surface area contributed by atoms with E-state index in [4.69, 9.17) is 0 Å².